The average molecular weight is 363 g/mol. The fourth-order valence-corrected chi connectivity index (χ4v) is 2.59. The SMILES string of the molecule is Cl.O=C(Cc1ccccc1Br)NCCN1CCNCC1. The summed E-state index contributed by atoms with van der Waals surface area (Å²) in [5.41, 5.74) is 1.03. The Balaban J connectivity index is 0.00000200. The molecule has 2 N–H and O–H groups in total. The van der Waals surface area contributed by atoms with Crippen LogP contribution in [-0.2, 0) is 11.2 Å². The zero-order valence-corrected chi connectivity index (χ0v) is 13.8. The van der Waals surface area contributed by atoms with Crippen molar-refractivity contribution in [3.63, 3.8) is 0 Å². The third-order valence-corrected chi connectivity index (χ3v) is 4.04. The van der Waals surface area contributed by atoms with Gasteiger partial charge in [0.1, 0.15) is 0 Å². The molecule has 1 aliphatic heterocycles. The van der Waals surface area contributed by atoms with E-state index in [-0.39, 0.29) is 18.3 Å². The molecule has 0 spiro atoms. The number of halogens is 2. The van der Waals surface area contributed by atoms with E-state index in [1.165, 1.54) is 0 Å². The number of hydrogen-bond donors (Lipinski definition) is 2. The summed E-state index contributed by atoms with van der Waals surface area (Å²) in [6, 6.07) is 7.84. The van der Waals surface area contributed by atoms with Gasteiger partial charge < -0.3 is 10.6 Å². The molecule has 0 radical (unpaired) electrons. The molecule has 20 heavy (non-hydrogen) atoms. The third-order valence-electron chi connectivity index (χ3n) is 3.27. The Labute approximate surface area is 134 Å². The summed E-state index contributed by atoms with van der Waals surface area (Å²) >= 11 is 3.46. The van der Waals surface area contributed by atoms with E-state index in [0.717, 1.165) is 49.3 Å². The summed E-state index contributed by atoms with van der Waals surface area (Å²) < 4.78 is 0.993. The predicted octanol–water partition coefficient (Wildman–Crippen LogP) is 1.43. The Hall–Kier alpha value is -0.620. The van der Waals surface area contributed by atoms with Crippen molar-refractivity contribution in [1.82, 2.24) is 15.5 Å². The molecule has 1 aromatic rings. The Kier molecular flexibility index (Phi) is 8.14. The first-order chi connectivity index (χ1) is 9.25. The lowest BCUT2D eigenvalue weighted by molar-refractivity contribution is -0.120. The van der Waals surface area contributed by atoms with Gasteiger partial charge in [-0.2, -0.15) is 0 Å². The summed E-state index contributed by atoms with van der Waals surface area (Å²) in [5.74, 6) is 0.0852. The van der Waals surface area contributed by atoms with Gasteiger partial charge in [-0.25, -0.2) is 0 Å². The number of hydrogen-bond acceptors (Lipinski definition) is 3. The number of nitrogens with one attached hydrogen (secondary N) is 2. The minimum Gasteiger partial charge on any atom is -0.355 e. The molecule has 1 amide bonds. The summed E-state index contributed by atoms with van der Waals surface area (Å²) in [6.45, 7) is 5.89. The molecule has 1 heterocycles. The van der Waals surface area contributed by atoms with Gasteiger partial charge in [0.05, 0.1) is 6.42 Å². The number of carbonyl (C=O) groups is 1. The minimum atomic E-state index is 0. The number of carbonyl (C=O) groups excluding carboxylic acids is 1. The summed E-state index contributed by atoms with van der Waals surface area (Å²) in [7, 11) is 0. The average Bonchev–Trinajstić information content (AvgIpc) is 2.43. The number of piperazine rings is 1. The number of nitrogens with zero attached hydrogens (tertiary/aromatic N) is 1. The third kappa shape index (κ3) is 5.79. The van der Waals surface area contributed by atoms with Crippen molar-refractivity contribution in [3.05, 3.63) is 34.3 Å². The van der Waals surface area contributed by atoms with Crippen molar-refractivity contribution in [2.24, 2.45) is 0 Å². The molecule has 0 unspecified atom stereocenters. The van der Waals surface area contributed by atoms with Crippen molar-refractivity contribution in [3.8, 4) is 0 Å². The van der Waals surface area contributed by atoms with Gasteiger partial charge in [0.25, 0.3) is 0 Å². The van der Waals surface area contributed by atoms with Crippen LogP contribution in [0.15, 0.2) is 28.7 Å². The van der Waals surface area contributed by atoms with Crippen molar-refractivity contribution in [2.45, 2.75) is 6.42 Å². The van der Waals surface area contributed by atoms with Crippen LogP contribution in [0.5, 0.6) is 0 Å². The molecule has 112 valence electrons. The second-order valence-corrected chi connectivity index (χ2v) is 5.56. The highest BCUT2D eigenvalue weighted by atomic mass is 79.9. The van der Waals surface area contributed by atoms with Crippen LogP contribution in [0, 0.1) is 0 Å². The van der Waals surface area contributed by atoms with Gasteiger partial charge in [0.2, 0.25) is 5.91 Å². The molecular formula is C14H21BrClN3O. The van der Waals surface area contributed by atoms with Gasteiger partial charge in [0, 0.05) is 43.7 Å². The molecule has 1 aliphatic rings. The lowest BCUT2D eigenvalue weighted by Gasteiger charge is -2.27. The van der Waals surface area contributed by atoms with Crippen LogP contribution in [0.3, 0.4) is 0 Å². The van der Waals surface area contributed by atoms with E-state index in [9.17, 15) is 4.79 Å². The zero-order valence-electron chi connectivity index (χ0n) is 11.4. The molecule has 1 saturated heterocycles. The van der Waals surface area contributed by atoms with Crippen LogP contribution in [0.1, 0.15) is 5.56 Å². The highest BCUT2D eigenvalue weighted by Gasteiger charge is 2.10. The Morgan fingerprint density at radius 1 is 1.30 bits per heavy atom. The standard InChI is InChI=1S/C14H20BrN3O.ClH/c15-13-4-2-1-3-12(13)11-14(19)17-7-10-18-8-5-16-6-9-18;/h1-4,16H,5-11H2,(H,17,19);1H. The maximum atomic E-state index is 11.8. The summed E-state index contributed by atoms with van der Waals surface area (Å²) in [5, 5.41) is 6.30. The van der Waals surface area contributed by atoms with Crippen molar-refractivity contribution in [2.75, 3.05) is 39.3 Å². The minimum absolute atomic E-state index is 0. The van der Waals surface area contributed by atoms with Crippen LogP contribution in [-0.4, -0.2) is 50.1 Å². The number of amides is 1. The maximum absolute atomic E-state index is 11.8. The van der Waals surface area contributed by atoms with E-state index < -0.39 is 0 Å². The van der Waals surface area contributed by atoms with Crippen molar-refractivity contribution in [1.29, 1.82) is 0 Å². The quantitative estimate of drug-likeness (QED) is 0.833. The first-order valence-electron chi connectivity index (χ1n) is 6.69. The van der Waals surface area contributed by atoms with E-state index >= 15 is 0 Å². The van der Waals surface area contributed by atoms with Crippen LogP contribution >= 0.6 is 28.3 Å². The van der Waals surface area contributed by atoms with E-state index in [4.69, 9.17) is 0 Å². The van der Waals surface area contributed by atoms with Crippen molar-refractivity contribution < 1.29 is 4.79 Å². The molecule has 0 aromatic heterocycles. The first-order valence-corrected chi connectivity index (χ1v) is 7.48. The highest BCUT2D eigenvalue weighted by Crippen LogP contribution is 2.15. The molecule has 6 heteroatoms. The van der Waals surface area contributed by atoms with E-state index in [0.29, 0.717) is 6.42 Å². The van der Waals surface area contributed by atoms with Crippen LogP contribution in [0.4, 0.5) is 0 Å². The number of rotatable bonds is 5. The molecule has 1 aromatic carbocycles. The van der Waals surface area contributed by atoms with Gasteiger partial charge in [-0.15, -0.1) is 12.4 Å². The number of benzene rings is 1. The van der Waals surface area contributed by atoms with Gasteiger partial charge in [-0.05, 0) is 11.6 Å². The molecule has 0 bridgehead atoms. The second kappa shape index (κ2) is 9.34. The Morgan fingerprint density at radius 2 is 2.00 bits per heavy atom. The normalized spacial score (nSPS) is 15.4. The molecule has 4 nitrogen and oxygen atoms in total. The lowest BCUT2D eigenvalue weighted by Crippen LogP contribution is -2.46. The molecule has 0 saturated carbocycles. The van der Waals surface area contributed by atoms with E-state index in [1.54, 1.807) is 0 Å². The van der Waals surface area contributed by atoms with Gasteiger partial charge >= 0.3 is 0 Å². The van der Waals surface area contributed by atoms with Gasteiger partial charge in [-0.3, -0.25) is 9.69 Å². The Bertz CT molecular complexity index is 425. The van der Waals surface area contributed by atoms with Crippen LogP contribution in [0.25, 0.3) is 0 Å². The van der Waals surface area contributed by atoms with Crippen molar-refractivity contribution >= 4 is 34.2 Å². The monoisotopic (exact) mass is 361 g/mol. The summed E-state index contributed by atoms with van der Waals surface area (Å²) in [4.78, 5) is 14.2. The Morgan fingerprint density at radius 3 is 2.70 bits per heavy atom. The zero-order chi connectivity index (χ0) is 13.5. The smallest absolute Gasteiger partial charge is 0.224 e. The van der Waals surface area contributed by atoms with Crippen LogP contribution in [0.2, 0.25) is 0 Å². The topological polar surface area (TPSA) is 44.4 Å². The highest BCUT2D eigenvalue weighted by molar-refractivity contribution is 9.10. The predicted molar refractivity (Wildman–Crippen MR) is 87.4 cm³/mol. The molecular weight excluding hydrogens is 342 g/mol. The van der Waals surface area contributed by atoms with E-state index in [2.05, 4.69) is 31.5 Å². The van der Waals surface area contributed by atoms with Gasteiger partial charge in [-0.1, -0.05) is 34.1 Å². The van der Waals surface area contributed by atoms with Gasteiger partial charge in [0.15, 0.2) is 0 Å². The fourth-order valence-electron chi connectivity index (χ4n) is 2.17. The molecule has 0 aliphatic carbocycles. The molecule has 0 atom stereocenters. The molecule has 1 fully saturated rings. The van der Waals surface area contributed by atoms with E-state index in [1.807, 2.05) is 24.3 Å². The fraction of sp³-hybridized carbons (Fsp3) is 0.500. The van der Waals surface area contributed by atoms with Crippen LogP contribution < -0.4 is 10.6 Å². The first kappa shape index (κ1) is 17.4. The molecule has 2 rings (SSSR count). The lowest BCUT2D eigenvalue weighted by atomic mass is 10.1. The summed E-state index contributed by atoms with van der Waals surface area (Å²) in [6.07, 6.45) is 0.434. The maximum Gasteiger partial charge on any atom is 0.224 e. The second-order valence-electron chi connectivity index (χ2n) is 4.71. The largest absolute Gasteiger partial charge is 0.355 e.